The molecule has 0 fully saturated rings. The van der Waals surface area contributed by atoms with Gasteiger partial charge in [0.1, 0.15) is 0 Å². The van der Waals surface area contributed by atoms with Gasteiger partial charge in [-0.05, 0) is 109 Å². The fraction of sp³-hybridized carbons (Fsp3) is 0. The van der Waals surface area contributed by atoms with Gasteiger partial charge in [-0.1, -0.05) is 58.7 Å². The minimum atomic E-state index is -4.94. The van der Waals surface area contributed by atoms with E-state index < -0.39 is 10.2 Å². The van der Waals surface area contributed by atoms with Gasteiger partial charge in [-0.3, -0.25) is 4.79 Å². The molecule has 0 amide bonds. The van der Waals surface area contributed by atoms with Crippen molar-refractivity contribution in [3.05, 3.63) is 148 Å². The monoisotopic (exact) mass is 676 g/mol. The van der Waals surface area contributed by atoms with Gasteiger partial charge in [0.15, 0.2) is 20.5 Å². The van der Waals surface area contributed by atoms with Crippen LogP contribution in [0.2, 0.25) is 15.1 Å². The fourth-order valence-electron chi connectivity index (χ4n) is 3.80. The van der Waals surface area contributed by atoms with Gasteiger partial charge in [-0.25, -0.2) is 18.6 Å². The lowest BCUT2D eigenvalue weighted by atomic mass is 10.0. The standard InChI is InChI=1S/C31H20Cl3OS2.ClHO4/c32-22-7-15-26(16-8-22)37(27-17-9-23(33)10-18-27)28-19-13-25(14-20-28)36-24-11-5-21(6-12-24)31(35)29-3-1-2-4-30(29)34;2-1(3,4)5/h1-20H;(H,2,3,4,5)/q+1;/p-1. The second-order valence-electron chi connectivity index (χ2n) is 8.50. The second kappa shape index (κ2) is 14.8. The Bertz CT molecular complexity index is 1570. The summed E-state index contributed by atoms with van der Waals surface area (Å²) in [5.74, 6) is -0.0806. The van der Waals surface area contributed by atoms with Crippen LogP contribution in [0.3, 0.4) is 0 Å². The number of rotatable bonds is 7. The molecule has 0 heterocycles. The number of carbonyl (C=O) groups excluding carboxylic acids is 1. The minimum Gasteiger partial charge on any atom is -0.289 e. The normalized spacial score (nSPS) is 11.1. The molecule has 214 valence electrons. The van der Waals surface area contributed by atoms with Crippen LogP contribution in [-0.2, 0) is 10.9 Å². The van der Waals surface area contributed by atoms with E-state index in [-0.39, 0.29) is 16.7 Å². The van der Waals surface area contributed by atoms with Gasteiger partial charge in [0.05, 0.1) is 15.9 Å². The van der Waals surface area contributed by atoms with E-state index in [1.165, 1.54) is 14.7 Å². The Labute approximate surface area is 267 Å². The lowest BCUT2D eigenvalue weighted by molar-refractivity contribution is -2.00. The third-order valence-corrected chi connectivity index (χ3v) is 9.71. The quantitative estimate of drug-likeness (QED) is 0.169. The van der Waals surface area contributed by atoms with E-state index in [0.29, 0.717) is 16.1 Å². The van der Waals surface area contributed by atoms with Crippen LogP contribution < -0.4 is 18.6 Å². The highest BCUT2D eigenvalue weighted by Crippen LogP contribution is 2.35. The van der Waals surface area contributed by atoms with E-state index in [4.69, 9.17) is 53.4 Å². The molecule has 0 saturated heterocycles. The SMILES string of the molecule is O=C(c1ccc(Sc2ccc([S+](c3ccc(Cl)cc3)c3ccc(Cl)cc3)cc2)cc1)c1ccccc1Cl.[O-][Cl+3]([O-])([O-])[O-]. The number of halogens is 4. The molecule has 0 radical (unpaired) electrons. The van der Waals surface area contributed by atoms with Crippen LogP contribution in [0, 0.1) is 10.2 Å². The third kappa shape index (κ3) is 9.49. The molecule has 0 atom stereocenters. The summed E-state index contributed by atoms with van der Waals surface area (Å²) in [6, 6.07) is 39.4. The van der Waals surface area contributed by atoms with Crippen molar-refractivity contribution in [2.24, 2.45) is 0 Å². The Hall–Kier alpha value is -2.53. The molecule has 0 aliphatic carbocycles. The van der Waals surface area contributed by atoms with E-state index in [0.717, 1.165) is 19.8 Å². The molecule has 0 spiro atoms. The van der Waals surface area contributed by atoms with Crippen LogP contribution in [0.25, 0.3) is 0 Å². The van der Waals surface area contributed by atoms with Gasteiger partial charge in [0, 0.05) is 31.0 Å². The molecule has 42 heavy (non-hydrogen) atoms. The Morgan fingerprint density at radius 1 is 0.571 bits per heavy atom. The van der Waals surface area contributed by atoms with E-state index in [1.54, 1.807) is 23.9 Å². The van der Waals surface area contributed by atoms with Crippen molar-refractivity contribution in [1.82, 2.24) is 0 Å². The summed E-state index contributed by atoms with van der Waals surface area (Å²) in [6.07, 6.45) is 0. The largest absolute Gasteiger partial charge is 0.289 e. The second-order valence-corrected chi connectivity index (χ2v) is 13.7. The first-order chi connectivity index (χ1) is 20.0. The van der Waals surface area contributed by atoms with Gasteiger partial charge in [0.25, 0.3) is 0 Å². The highest BCUT2D eigenvalue weighted by molar-refractivity contribution is 7.99. The van der Waals surface area contributed by atoms with E-state index >= 15 is 0 Å². The molecule has 0 N–H and O–H groups in total. The lowest BCUT2D eigenvalue weighted by Crippen LogP contribution is -2.68. The van der Waals surface area contributed by atoms with Crippen molar-refractivity contribution in [3.8, 4) is 0 Å². The predicted molar refractivity (Wildman–Crippen MR) is 157 cm³/mol. The molecule has 0 bridgehead atoms. The molecule has 5 aromatic rings. The third-order valence-electron chi connectivity index (χ3n) is 5.63. The van der Waals surface area contributed by atoms with Crippen molar-refractivity contribution >= 4 is 63.2 Å². The van der Waals surface area contributed by atoms with Gasteiger partial charge < -0.3 is 0 Å². The summed E-state index contributed by atoms with van der Waals surface area (Å²) in [7, 11) is -5.23. The van der Waals surface area contributed by atoms with Crippen LogP contribution in [0.15, 0.2) is 146 Å². The van der Waals surface area contributed by atoms with E-state index in [2.05, 4.69) is 48.5 Å². The molecule has 11 heteroatoms. The molecule has 0 unspecified atom stereocenters. The average Bonchev–Trinajstić information content (AvgIpc) is 2.95. The summed E-state index contributed by atoms with van der Waals surface area (Å²) < 4.78 is 34.0. The topological polar surface area (TPSA) is 109 Å². The molecular formula is C31H20Cl4O5S2. The van der Waals surface area contributed by atoms with E-state index in [1.807, 2.05) is 60.7 Å². The average molecular weight is 678 g/mol. The van der Waals surface area contributed by atoms with Crippen molar-refractivity contribution in [3.63, 3.8) is 0 Å². The summed E-state index contributed by atoms with van der Waals surface area (Å²) in [4.78, 5) is 18.5. The Kier molecular flexibility index (Phi) is 11.4. The van der Waals surface area contributed by atoms with E-state index in [9.17, 15) is 4.79 Å². The lowest BCUT2D eigenvalue weighted by Gasteiger charge is -2.17. The van der Waals surface area contributed by atoms with Crippen LogP contribution in [0.1, 0.15) is 15.9 Å². The zero-order chi connectivity index (χ0) is 30.3. The summed E-state index contributed by atoms with van der Waals surface area (Å²) >= 11 is 20.2. The molecular weight excluding hydrogens is 658 g/mol. The maximum absolute atomic E-state index is 12.8. The Morgan fingerprint density at radius 3 is 1.38 bits per heavy atom. The Morgan fingerprint density at radius 2 is 0.952 bits per heavy atom. The van der Waals surface area contributed by atoms with Crippen LogP contribution in [0.4, 0.5) is 0 Å². The Balaban J connectivity index is 0.000000748. The summed E-state index contributed by atoms with van der Waals surface area (Å²) in [5, 5.41) is 1.90. The zero-order valence-corrected chi connectivity index (χ0v) is 26.1. The van der Waals surface area contributed by atoms with Crippen molar-refractivity contribution < 1.29 is 33.7 Å². The molecule has 5 rings (SSSR count). The summed E-state index contributed by atoms with van der Waals surface area (Å²) in [6.45, 7) is 0. The zero-order valence-electron chi connectivity index (χ0n) is 21.4. The van der Waals surface area contributed by atoms with Crippen LogP contribution in [0.5, 0.6) is 0 Å². The molecule has 0 saturated carbocycles. The number of ketones is 1. The van der Waals surface area contributed by atoms with Crippen molar-refractivity contribution in [2.45, 2.75) is 24.5 Å². The highest BCUT2D eigenvalue weighted by atomic mass is 35.7. The maximum Gasteiger partial charge on any atom is 0.194 e. The fourth-order valence-corrected chi connectivity index (χ4v) is 7.14. The minimum absolute atomic E-state index is 0.0806. The van der Waals surface area contributed by atoms with Gasteiger partial charge in [-0.15, -0.1) is 10.2 Å². The van der Waals surface area contributed by atoms with Crippen molar-refractivity contribution in [1.29, 1.82) is 0 Å². The molecule has 0 aliphatic heterocycles. The predicted octanol–water partition coefficient (Wildman–Crippen LogP) is 5.37. The van der Waals surface area contributed by atoms with Crippen molar-refractivity contribution in [2.75, 3.05) is 0 Å². The van der Waals surface area contributed by atoms with Crippen LogP contribution in [-0.4, -0.2) is 5.78 Å². The first kappa shape index (κ1) is 32.4. The highest BCUT2D eigenvalue weighted by Gasteiger charge is 2.28. The molecule has 0 aliphatic rings. The number of hydrogen-bond donors (Lipinski definition) is 0. The molecule has 5 nitrogen and oxygen atoms in total. The smallest absolute Gasteiger partial charge is 0.194 e. The number of benzene rings is 5. The first-order valence-electron chi connectivity index (χ1n) is 12.0. The van der Waals surface area contributed by atoms with Gasteiger partial charge in [-0.2, -0.15) is 0 Å². The first-order valence-corrected chi connectivity index (χ1v) is 16.4. The number of hydrogen-bond acceptors (Lipinski definition) is 6. The summed E-state index contributed by atoms with van der Waals surface area (Å²) in [5.41, 5.74) is 1.12. The van der Waals surface area contributed by atoms with Crippen LogP contribution >= 0.6 is 46.6 Å². The molecule has 0 aromatic heterocycles. The van der Waals surface area contributed by atoms with Gasteiger partial charge in [0.2, 0.25) is 0 Å². The van der Waals surface area contributed by atoms with Gasteiger partial charge >= 0.3 is 0 Å². The molecule has 5 aromatic carbocycles. The maximum atomic E-state index is 12.8. The number of carbonyl (C=O) groups is 1.